The monoisotopic (exact) mass is 418 g/mol. The Labute approximate surface area is 158 Å². The second-order valence-electron chi connectivity index (χ2n) is 5.72. The summed E-state index contributed by atoms with van der Waals surface area (Å²) in [4.78, 5) is 17.8. The fourth-order valence-electron chi connectivity index (χ4n) is 2.46. The molecule has 1 aromatic heterocycles. The maximum absolute atomic E-state index is 13.9. The molecule has 2 aromatic carbocycles. The van der Waals surface area contributed by atoms with Crippen molar-refractivity contribution in [3.63, 3.8) is 0 Å². The number of thiazole rings is 1. The molecule has 128 valence electrons. The van der Waals surface area contributed by atoms with Crippen LogP contribution in [0.3, 0.4) is 0 Å². The number of hydrogen-bond acceptors (Lipinski definition) is 3. The normalized spacial score (nSPS) is 10.7. The first-order valence-corrected chi connectivity index (χ1v) is 9.31. The number of aryl methyl sites for hydroxylation is 2. The van der Waals surface area contributed by atoms with Gasteiger partial charge >= 0.3 is 0 Å². The van der Waals surface area contributed by atoms with E-state index >= 15 is 0 Å². The standard InChI is InChI=1S/C19H16BrFN2OS/c1-11-3-5-13(6-4-11)19-17(25-12(2)22-19)10-18(24)23-16-8-7-14(20)9-15(16)21/h3-9H,10H2,1-2H3,(H,23,24). The summed E-state index contributed by atoms with van der Waals surface area (Å²) in [6, 6.07) is 12.6. The van der Waals surface area contributed by atoms with Crippen LogP contribution in [0.2, 0.25) is 0 Å². The molecular formula is C19H16BrFN2OS. The molecule has 0 aliphatic rings. The van der Waals surface area contributed by atoms with E-state index in [0.29, 0.717) is 4.47 Å². The molecule has 3 rings (SSSR count). The Morgan fingerprint density at radius 3 is 2.60 bits per heavy atom. The molecule has 0 fully saturated rings. The fraction of sp³-hybridized carbons (Fsp3) is 0.158. The number of halogens is 2. The minimum atomic E-state index is -0.470. The maximum atomic E-state index is 13.9. The second-order valence-corrected chi connectivity index (χ2v) is 7.92. The lowest BCUT2D eigenvalue weighted by atomic mass is 10.1. The van der Waals surface area contributed by atoms with Crippen LogP contribution in [-0.4, -0.2) is 10.9 Å². The van der Waals surface area contributed by atoms with Gasteiger partial charge in [-0.3, -0.25) is 4.79 Å². The smallest absolute Gasteiger partial charge is 0.229 e. The number of amides is 1. The number of nitrogens with zero attached hydrogens (tertiary/aromatic N) is 1. The number of hydrogen-bond donors (Lipinski definition) is 1. The van der Waals surface area contributed by atoms with Gasteiger partial charge in [0, 0.05) is 14.9 Å². The van der Waals surface area contributed by atoms with Gasteiger partial charge in [-0.1, -0.05) is 45.8 Å². The molecule has 0 radical (unpaired) electrons. The zero-order valence-corrected chi connectivity index (χ0v) is 16.2. The van der Waals surface area contributed by atoms with Crippen molar-refractivity contribution in [2.24, 2.45) is 0 Å². The van der Waals surface area contributed by atoms with E-state index in [1.165, 1.54) is 29.0 Å². The van der Waals surface area contributed by atoms with Crippen molar-refractivity contribution in [3.05, 3.63) is 68.2 Å². The van der Waals surface area contributed by atoms with Gasteiger partial charge in [-0.05, 0) is 32.0 Å². The molecule has 0 spiro atoms. The van der Waals surface area contributed by atoms with Crippen molar-refractivity contribution in [3.8, 4) is 11.3 Å². The summed E-state index contributed by atoms with van der Waals surface area (Å²) in [5.41, 5.74) is 3.13. The zero-order chi connectivity index (χ0) is 18.0. The Kier molecular flexibility index (Phi) is 5.30. The van der Waals surface area contributed by atoms with Crippen LogP contribution >= 0.6 is 27.3 Å². The first-order chi connectivity index (χ1) is 11.9. The maximum Gasteiger partial charge on any atom is 0.229 e. The molecule has 0 atom stereocenters. The third-order valence-corrected chi connectivity index (χ3v) is 5.12. The highest BCUT2D eigenvalue weighted by Gasteiger charge is 2.16. The summed E-state index contributed by atoms with van der Waals surface area (Å²) in [5, 5.41) is 3.52. The zero-order valence-electron chi connectivity index (χ0n) is 13.8. The van der Waals surface area contributed by atoms with Crippen molar-refractivity contribution in [2.75, 3.05) is 5.32 Å². The van der Waals surface area contributed by atoms with Crippen LogP contribution in [0.25, 0.3) is 11.3 Å². The van der Waals surface area contributed by atoms with Crippen LogP contribution < -0.4 is 5.32 Å². The number of aromatic nitrogens is 1. The van der Waals surface area contributed by atoms with Gasteiger partial charge < -0.3 is 5.32 Å². The molecule has 0 aliphatic heterocycles. The molecule has 1 N–H and O–H groups in total. The van der Waals surface area contributed by atoms with Gasteiger partial charge in [0.2, 0.25) is 5.91 Å². The van der Waals surface area contributed by atoms with E-state index in [0.717, 1.165) is 21.1 Å². The minimum absolute atomic E-state index is 0.157. The van der Waals surface area contributed by atoms with Gasteiger partial charge in [-0.25, -0.2) is 9.37 Å². The van der Waals surface area contributed by atoms with Gasteiger partial charge in [-0.2, -0.15) is 0 Å². The quantitative estimate of drug-likeness (QED) is 0.606. The molecule has 3 aromatic rings. The summed E-state index contributed by atoms with van der Waals surface area (Å²) in [5.74, 6) is -0.736. The van der Waals surface area contributed by atoms with Gasteiger partial charge in [0.15, 0.2) is 0 Å². The predicted molar refractivity (Wildman–Crippen MR) is 103 cm³/mol. The first-order valence-electron chi connectivity index (χ1n) is 7.70. The van der Waals surface area contributed by atoms with Crippen molar-refractivity contribution in [1.29, 1.82) is 0 Å². The lowest BCUT2D eigenvalue weighted by molar-refractivity contribution is -0.115. The Morgan fingerprint density at radius 1 is 1.20 bits per heavy atom. The summed E-state index contributed by atoms with van der Waals surface area (Å²) >= 11 is 4.69. The summed E-state index contributed by atoms with van der Waals surface area (Å²) < 4.78 is 14.5. The Morgan fingerprint density at radius 2 is 1.92 bits per heavy atom. The Balaban J connectivity index is 1.81. The summed E-state index contributed by atoms with van der Waals surface area (Å²) in [6.45, 7) is 3.94. The van der Waals surface area contributed by atoms with E-state index in [4.69, 9.17) is 0 Å². The number of nitrogens with one attached hydrogen (secondary N) is 1. The van der Waals surface area contributed by atoms with Gasteiger partial charge in [0.05, 0.1) is 22.8 Å². The van der Waals surface area contributed by atoms with E-state index in [1.807, 2.05) is 38.1 Å². The third-order valence-electron chi connectivity index (χ3n) is 3.66. The number of rotatable bonds is 4. The highest BCUT2D eigenvalue weighted by Crippen LogP contribution is 2.29. The molecule has 6 heteroatoms. The molecule has 1 heterocycles. The Bertz CT molecular complexity index is 922. The molecule has 25 heavy (non-hydrogen) atoms. The fourth-order valence-corrected chi connectivity index (χ4v) is 3.75. The molecular weight excluding hydrogens is 403 g/mol. The number of benzene rings is 2. The van der Waals surface area contributed by atoms with Gasteiger partial charge in [-0.15, -0.1) is 11.3 Å². The average Bonchev–Trinajstić information content (AvgIpc) is 2.91. The topological polar surface area (TPSA) is 42.0 Å². The Hall–Kier alpha value is -2.05. The van der Waals surface area contributed by atoms with Crippen LogP contribution in [0.5, 0.6) is 0 Å². The van der Waals surface area contributed by atoms with Crippen LogP contribution in [-0.2, 0) is 11.2 Å². The van der Waals surface area contributed by atoms with Crippen molar-refractivity contribution in [1.82, 2.24) is 4.98 Å². The number of anilines is 1. The first kappa shape index (κ1) is 17.8. The van der Waals surface area contributed by atoms with E-state index < -0.39 is 5.82 Å². The lowest BCUT2D eigenvalue weighted by Gasteiger charge is -2.07. The summed E-state index contributed by atoms with van der Waals surface area (Å²) in [6.07, 6.45) is 0.157. The van der Waals surface area contributed by atoms with Crippen molar-refractivity contribution in [2.45, 2.75) is 20.3 Å². The number of carbonyl (C=O) groups is 1. The highest BCUT2D eigenvalue weighted by molar-refractivity contribution is 9.10. The molecule has 0 saturated heterocycles. The number of carbonyl (C=O) groups excluding carboxylic acids is 1. The van der Waals surface area contributed by atoms with E-state index in [9.17, 15) is 9.18 Å². The largest absolute Gasteiger partial charge is 0.323 e. The van der Waals surface area contributed by atoms with Crippen LogP contribution in [0.1, 0.15) is 15.4 Å². The van der Waals surface area contributed by atoms with E-state index in [2.05, 4.69) is 26.2 Å². The van der Waals surface area contributed by atoms with E-state index in [-0.39, 0.29) is 18.0 Å². The minimum Gasteiger partial charge on any atom is -0.323 e. The summed E-state index contributed by atoms with van der Waals surface area (Å²) in [7, 11) is 0. The van der Waals surface area contributed by atoms with Crippen LogP contribution in [0.4, 0.5) is 10.1 Å². The third kappa shape index (κ3) is 4.32. The van der Waals surface area contributed by atoms with Gasteiger partial charge in [0.25, 0.3) is 0 Å². The molecule has 1 amide bonds. The van der Waals surface area contributed by atoms with E-state index in [1.54, 1.807) is 6.07 Å². The average molecular weight is 419 g/mol. The van der Waals surface area contributed by atoms with Gasteiger partial charge in [0.1, 0.15) is 5.82 Å². The van der Waals surface area contributed by atoms with Crippen molar-refractivity contribution >= 4 is 38.9 Å². The molecule has 0 unspecified atom stereocenters. The lowest BCUT2D eigenvalue weighted by Crippen LogP contribution is -2.15. The SMILES string of the molecule is Cc1ccc(-c2nc(C)sc2CC(=O)Nc2ccc(Br)cc2F)cc1. The molecule has 3 nitrogen and oxygen atoms in total. The highest BCUT2D eigenvalue weighted by atomic mass is 79.9. The molecule has 0 bridgehead atoms. The van der Waals surface area contributed by atoms with Crippen molar-refractivity contribution < 1.29 is 9.18 Å². The second kappa shape index (κ2) is 7.45. The van der Waals surface area contributed by atoms with Crippen LogP contribution in [0, 0.1) is 19.7 Å². The molecule has 0 aliphatic carbocycles. The van der Waals surface area contributed by atoms with Crippen LogP contribution in [0.15, 0.2) is 46.9 Å². The predicted octanol–water partition coefficient (Wildman–Crippen LogP) is 5.51. The molecule has 0 saturated carbocycles.